The van der Waals surface area contributed by atoms with E-state index < -0.39 is 0 Å². The first kappa shape index (κ1) is 19.5. The Bertz CT molecular complexity index is 926. The van der Waals surface area contributed by atoms with Gasteiger partial charge in [-0.15, -0.1) is 0 Å². The molecule has 4 rings (SSSR count). The van der Waals surface area contributed by atoms with Crippen molar-refractivity contribution in [2.75, 3.05) is 38.2 Å². The van der Waals surface area contributed by atoms with Crippen LogP contribution in [0.25, 0.3) is 0 Å². The molecule has 29 heavy (non-hydrogen) atoms. The number of anilines is 1. The highest BCUT2D eigenvalue weighted by Crippen LogP contribution is 2.24. The normalized spacial score (nSPS) is 14.6. The van der Waals surface area contributed by atoms with Gasteiger partial charge in [0.1, 0.15) is 23.6 Å². The van der Waals surface area contributed by atoms with E-state index in [0.29, 0.717) is 16.7 Å². The fourth-order valence-electron chi connectivity index (χ4n) is 3.31. The fraction of sp³-hybridized carbons (Fsp3) is 0.273. The molecule has 0 bridgehead atoms. The van der Waals surface area contributed by atoms with Crippen LogP contribution in [0.5, 0.6) is 17.4 Å². The van der Waals surface area contributed by atoms with Gasteiger partial charge in [-0.2, -0.15) is 0 Å². The Morgan fingerprint density at radius 2 is 1.59 bits per heavy atom. The van der Waals surface area contributed by atoms with Gasteiger partial charge in [0.25, 0.3) is 0 Å². The minimum Gasteiger partial charge on any atom is -0.497 e. The van der Waals surface area contributed by atoms with Crippen molar-refractivity contribution in [1.29, 1.82) is 0 Å². The molecule has 1 aromatic heterocycles. The van der Waals surface area contributed by atoms with Crippen LogP contribution < -0.4 is 14.4 Å². The van der Waals surface area contributed by atoms with Crippen LogP contribution in [-0.4, -0.2) is 48.2 Å². The Morgan fingerprint density at radius 1 is 0.897 bits per heavy atom. The first-order chi connectivity index (χ1) is 14.2. The van der Waals surface area contributed by atoms with E-state index >= 15 is 0 Å². The van der Waals surface area contributed by atoms with Crippen molar-refractivity contribution in [3.63, 3.8) is 0 Å². The van der Waals surface area contributed by atoms with Gasteiger partial charge in [0.2, 0.25) is 5.88 Å². The summed E-state index contributed by atoms with van der Waals surface area (Å²) in [5.41, 5.74) is 1.29. The SMILES string of the molecule is COc1ccc(CN2CCN(c3cc(Oc4ccc(Cl)cc4)ncn3)CC2)cc1. The van der Waals surface area contributed by atoms with Crippen LogP contribution in [0, 0.1) is 0 Å². The number of hydrogen-bond donors (Lipinski definition) is 0. The smallest absolute Gasteiger partial charge is 0.224 e. The Balaban J connectivity index is 1.33. The lowest BCUT2D eigenvalue weighted by Gasteiger charge is -2.35. The molecule has 150 valence electrons. The number of aromatic nitrogens is 2. The van der Waals surface area contributed by atoms with Crippen LogP contribution in [0.1, 0.15) is 5.56 Å². The van der Waals surface area contributed by atoms with E-state index in [0.717, 1.165) is 44.3 Å². The number of halogens is 1. The van der Waals surface area contributed by atoms with Crippen LogP contribution >= 0.6 is 11.6 Å². The summed E-state index contributed by atoms with van der Waals surface area (Å²) in [7, 11) is 1.69. The van der Waals surface area contributed by atoms with Crippen molar-refractivity contribution in [3.05, 3.63) is 71.5 Å². The van der Waals surface area contributed by atoms with Gasteiger partial charge in [0.15, 0.2) is 0 Å². The molecule has 0 unspecified atom stereocenters. The maximum Gasteiger partial charge on any atom is 0.224 e. The van der Waals surface area contributed by atoms with Crippen LogP contribution in [0.2, 0.25) is 5.02 Å². The second kappa shape index (κ2) is 9.11. The minimum absolute atomic E-state index is 0.526. The zero-order valence-electron chi connectivity index (χ0n) is 16.3. The third-order valence-corrected chi connectivity index (χ3v) is 5.18. The second-order valence-corrected chi connectivity index (χ2v) is 7.32. The molecule has 6 nitrogen and oxygen atoms in total. The molecule has 0 aliphatic carbocycles. The quantitative estimate of drug-likeness (QED) is 0.605. The van der Waals surface area contributed by atoms with Gasteiger partial charge in [-0.25, -0.2) is 9.97 Å². The summed E-state index contributed by atoms with van der Waals surface area (Å²) >= 11 is 5.92. The average Bonchev–Trinajstić information content (AvgIpc) is 2.77. The van der Waals surface area contributed by atoms with E-state index in [4.69, 9.17) is 21.1 Å². The number of methoxy groups -OCH3 is 1. The van der Waals surface area contributed by atoms with Gasteiger partial charge in [-0.1, -0.05) is 23.7 Å². The van der Waals surface area contributed by atoms with Crippen molar-refractivity contribution in [2.24, 2.45) is 0 Å². The lowest BCUT2D eigenvalue weighted by atomic mass is 10.2. The molecular formula is C22H23ClN4O2. The van der Waals surface area contributed by atoms with E-state index in [1.807, 2.05) is 30.3 Å². The number of ether oxygens (including phenoxy) is 2. The molecule has 2 heterocycles. The van der Waals surface area contributed by atoms with Crippen molar-refractivity contribution >= 4 is 17.4 Å². The molecule has 1 aliphatic rings. The molecule has 7 heteroatoms. The molecule has 1 aliphatic heterocycles. The third-order valence-electron chi connectivity index (χ3n) is 4.93. The van der Waals surface area contributed by atoms with Crippen molar-refractivity contribution in [3.8, 4) is 17.4 Å². The highest BCUT2D eigenvalue weighted by atomic mass is 35.5. The number of hydrogen-bond acceptors (Lipinski definition) is 6. The Kier molecular flexibility index (Phi) is 6.12. The van der Waals surface area contributed by atoms with Gasteiger partial charge in [-0.05, 0) is 42.0 Å². The maximum absolute atomic E-state index is 5.92. The average molecular weight is 411 g/mol. The largest absolute Gasteiger partial charge is 0.497 e. The predicted molar refractivity (Wildman–Crippen MR) is 114 cm³/mol. The van der Waals surface area contributed by atoms with Crippen LogP contribution in [0.15, 0.2) is 60.9 Å². The van der Waals surface area contributed by atoms with Gasteiger partial charge in [-0.3, -0.25) is 4.90 Å². The molecule has 1 fully saturated rings. The molecule has 2 aromatic carbocycles. The van der Waals surface area contributed by atoms with Gasteiger partial charge < -0.3 is 14.4 Å². The Labute approximate surface area is 175 Å². The highest BCUT2D eigenvalue weighted by Gasteiger charge is 2.19. The molecule has 1 saturated heterocycles. The molecule has 0 amide bonds. The maximum atomic E-state index is 5.92. The van der Waals surface area contributed by atoms with Gasteiger partial charge in [0, 0.05) is 43.8 Å². The molecule has 3 aromatic rings. The first-order valence-electron chi connectivity index (χ1n) is 9.55. The Hall–Kier alpha value is -2.83. The van der Waals surface area contributed by atoms with Gasteiger partial charge in [0.05, 0.1) is 7.11 Å². The number of nitrogens with zero attached hydrogens (tertiary/aromatic N) is 4. The lowest BCUT2D eigenvalue weighted by Crippen LogP contribution is -2.46. The summed E-state index contributed by atoms with van der Waals surface area (Å²) < 4.78 is 11.1. The second-order valence-electron chi connectivity index (χ2n) is 6.88. The minimum atomic E-state index is 0.526. The van der Waals surface area contributed by atoms with E-state index in [9.17, 15) is 0 Å². The summed E-state index contributed by atoms with van der Waals surface area (Å²) in [6, 6.07) is 17.4. The first-order valence-corrected chi connectivity index (χ1v) is 9.93. The van der Waals surface area contributed by atoms with E-state index in [2.05, 4.69) is 31.9 Å². The van der Waals surface area contributed by atoms with Gasteiger partial charge >= 0.3 is 0 Å². The topological polar surface area (TPSA) is 50.7 Å². The molecule has 0 spiro atoms. The summed E-state index contributed by atoms with van der Waals surface area (Å²) in [5.74, 6) is 2.99. The summed E-state index contributed by atoms with van der Waals surface area (Å²) in [5, 5.41) is 0.674. The highest BCUT2D eigenvalue weighted by molar-refractivity contribution is 6.30. The van der Waals surface area contributed by atoms with Crippen molar-refractivity contribution in [2.45, 2.75) is 6.54 Å². The molecule has 0 N–H and O–H groups in total. The monoisotopic (exact) mass is 410 g/mol. The van der Waals surface area contributed by atoms with Crippen LogP contribution in [0.4, 0.5) is 5.82 Å². The van der Waals surface area contributed by atoms with E-state index in [-0.39, 0.29) is 0 Å². The predicted octanol–water partition coefficient (Wildman–Crippen LogP) is 4.25. The molecule has 0 saturated carbocycles. The summed E-state index contributed by atoms with van der Waals surface area (Å²) in [6.07, 6.45) is 1.55. The zero-order valence-corrected chi connectivity index (χ0v) is 17.0. The molecule has 0 radical (unpaired) electrons. The zero-order chi connectivity index (χ0) is 20.1. The third kappa shape index (κ3) is 5.16. The Morgan fingerprint density at radius 3 is 2.28 bits per heavy atom. The molecular weight excluding hydrogens is 388 g/mol. The number of rotatable bonds is 6. The number of benzene rings is 2. The number of piperazine rings is 1. The van der Waals surface area contributed by atoms with Crippen LogP contribution in [0.3, 0.4) is 0 Å². The van der Waals surface area contributed by atoms with E-state index in [1.54, 1.807) is 25.6 Å². The standard InChI is InChI=1S/C22H23ClN4O2/c1-28-19-6-2-17(3-7-19)15-26-10-12-27(13-11-26)21-14-22(25-16-24-21)29-20-8-4-18(23)5-9-20/h2-9,14,16H,10-13,15H2,1H3. The van der Waals surface area contributed by atoms with Crippen molar-refractivity contribution < 1.29 is 9.47 Å². The fourth-order valence-corrected chi connectivity index (χ4v) is 3.43. The van der Waals surface area contributed by atoms with E-state index in [1.165, 1.54) is 5.56 Å². The van der Waals surface area contributed by atoms with Crippen molar-refractivity contribution in [1.82, 2.24) is 14.9 Å². The lowest BCUT2D eigenvalue weighted by molar-refractivity contribution is 0.249. The van der Waals surface area contributed by atoms with Crippen LogP contribution in [-0.2, 0) is 6.54 Å². The summed E-state index contributed by atoms with van der Waals surface area (Å²) in [4.78, 5) is 13.4. The summed E-state index contributed by atoms with van der Waals surface area (Å²) in [6.45, 7) is 4.71. The molecule has 0 atom stereocenters.